The molecule has 0 amide bonds. The Morgan fingerprint density at radius 3 is 2.25 bits per heavy atom. The van der Waals surface area contributed by atoms with E-state index in [0.717, 1.165) is 6.61 Å². The molecule has 2 rings (SSSR count). The van der Waals surface area contributed by atoms with Crippen molar-refractivity contribution < 1.29 is 4.74 Å². The molecule has 1 saturated heterocycles. The number of rotatable bonds is 0. The molecule has 0 radical (unpaired) electrons. The van der Waals surface area contributed by atoms with Crippen LogP contribution in [0.4, 0.5) is 0 Å². The lowest BCUT2D eigenvalue weighted by Crippen LogP contribution is -2.66. The maximum absolute atomic E-state index is 5.69. The molecule has 0 bridgehead atoms. The molecule has 2 aliphatic rings. The zero-order valence-electron chi connectivity index (χ0n) is 4.89. The van der Waals surface area contributed by atoms with Crippen molar-refractivity contribution in [2.24, 2.45) is 5.73 Å². The first-order valence-corrected chi connectivity index (χ1v) is 3.23. The van der Waals surface area contributed by atoms with Crippen LogP contribution in [0.1, 0.15) is 19.3 Å². The molecule has 46 valence electrons. The summed E-state index contributed by atoms with van der Waals surface area (Å²) < 4.78 is 5.34. The Morgan fingerprint density at radius 1 is 1.50 bits per heavy atom. The maximum Gasteiger partial charge on any atom is 0.0856 e. The smallest absolute Gasteiger partial charge is 0.0856 e. The van der Waals surface area contributed by atoms with Gasteiger partial charge in [-0.15, -0.1) is 0 Å². The normalized spacial score (nSPS) is 40.9. The third-order valence-corrected chi connectivity index (χ3v) is 2.43. The number of nitrogens with two attached hydrogens (primary N) is 1. The molecule has 0 aromatic rings. The second kappa shape index (κ2) is 1.25. The van der Waals surface area contributed by atoms with Gasteiger partial charge in [0.1, 0.15) is 0 Å². The Labute approximate surface area is 49.0 Å². The minimum absolute atomic E-state index is 0.181. The van der Waals surface area contributed by atoms with E-state index in [1.807, 2.05) is 0 Å². The van der Waals surface area contributed by atoms with Crippen LogP contribution in [0.3, 0.4) is 0 Å². The molecule has 2 N–H and O–H groups in total. The van der Waals surface area contributed by atoms with Gasteiger partial charge in [0.05, 0.1) is 18.2 Å². The summed E-state index contributed by atoms with van der Waals surface area (Å²) in [6.45, 7) is 0.792. The van der Waals surface area contributed by atoms with Crippen LogP contribution in [0.15, 0.2) is 0 Å². The van der Waals surface area contributed by atoms with Gasteiger partial charge in [0, 0.05) is 0 Å². The highest BCUT2D eigenvalue weighted by Crippen LogP contribution is 2.43. The SMILES string of the molecule is NC1COC12CCC2. The minimum Gasteiger partial charge on any atom is -0.372 e. The fourth-order valence-corrected chi connectivity index (χ4v) is 1.46. The lowest BCUT2D eigenvalue weighted by Gasteiger charge is -2.53. The third-order valence-electron chi connectivity index (χ3n) is 2.43. The molecule has 8 heavy (non-hydrogen) atoms. The average Bonchev–Trinajstić information content (AvgIpc) is 1.58. The predicted octanol–water partition coefficient (Wildman–Crippen LogP) is 0.267. The Balaban J connectivity index is 2.03. The molecule has 1 spiro atoms. The van der Waals surface area contributed by atoms with E-state index in [0.29, 0.717) is 6.04 Å². The Morgan fingerprint density at radius 2 is 2.25 bits per heavy atom. The van der Waals surface area contributed by atoms with E-state index in [9.17, 15) is 0 Å². The van der Waals surface area contributed by atoms with E-state index in [1.54, 1.807) is 0 Å². The molecular formula is C6H11NO. The first kappa shape index (κ1) is 4.77. The van der Waals surface area contributed by atoms with Crippen LogP contribution in [-0.2, 0) is 4.74 Å². The second-order valence-corrected chi connectivity index (χ2v) is 2.84. The first-order chi connectivity index (χ1) is 3.83. The van der Waals surface area contributed by atoms with Gasteiger partial charge < -0.3 is 10.5 Å². The largest absolute Gasteiger partial charge is 0.372 e. The molecule has 1 aliphatic carbocycles. The van der Waals surface area contributed by atoms with Crippen LogP contribution in [-0.4, -0.2) is 18.2 Å². The molecule has 0 aromatic heterocycles. The first-order valence-electron chi connectivity index (χ1n) is 3.23. The van der Waals surface area contributed by atoms with Crippen molar-refractivity contribution in [3.8, 4) is 0 Å². The van der Waals surface area contributed by atoms with Crippen LogP contribution in [0, 0.1) is 0 Å². The van der Waals surface area contributed by atoms with Gasteiger partial charge in [0.25, 0.3) is 0 Å². The van der Waals surface area contributed by atoms with E-state index >= 15 is 0 Å². The van der Waals surface area contributed by atoms with E-state index < -0.39 is 0 Å². The number of hydrogen-bond acceptors (Lipinski definition) is 2. The molecule has 1 atom stereocenters. The quantitative estimate of drug-likeness (QED) is 0.489. The molecule has 1 aliphatic heterocycles. The highest BCUT2D eigenvalue weighted by molar-refractivity contribution is 5.04. The van der Waals surface area contributed by atoms with Crippen LogP contribution in [0.25, 0.3) is 0 Å². The van der Waals surface area contributed by atoms with Crippen molar-refractivity contribution in [2.45, 2.75) is 30.9 Å². The summed E-state index contributed by atoms with van der Waals surface area (Å²) in [7, 11) is 0. The zero-order chi connectivity index (χ0) is 5.61. The van der Waals surface area contributed by atoms with Gasteiger partial charge in [-0.3, -0.25) is 0 Å². The van der Waals surface area contributed by atoms with Gasteiger partial charge in [0.15, 0.2) is 0 Å². The lowest BCUT2D eigenvalue weighted by atomic mass is 9.72. The topological polar surface area (TPSA) is 35.2 Å². The molecule has 1 heterocycles. The van der Waals surface area contributed by atoms with Crippen molar-refractivity contribution in [2.75, 3.05) is 6.61 Å². The Kier molecular flexibility index (Phi) is 0.746. The van der Waals surface area contributed by atoms with Gasteiger partial charge in [-0.1, -0.05) is 0 Å². The standard InChI is InChI=1S/C6H11NO/c7-5-4-8-6(5)2-1-3-6/h5H,1-4,7H2. The van der Waals surface area contributed by atoms with Gasteiger partial charge in [0.2, 0.25) is 0 Å². The van der Waals surface area contributed by atoms with Crippen molar-refractivity contribution >= 4 is 0 Å². The molecule has 0 aromatic carbocycles. The van der Waals surface area contributed by atoms with E-state index in [2.05, 4.69) is 0 Å². The number of ether oxygens (including phenoxy) is 1. The van der Waals surface area contributed by atoms with E-state index in [1.165, 1.54) is 19.3 Å². The summed E-state index contributed by atoms with van der Waals surface area (Å²) in [5.41, 5.74) is 5.87. The lowest BCUT2D eigenvalue weighted by molar-refractivity contribution is -0.207. The molecule has 2 heteroatoms. The zero-order valence-corrected chi connectivity index (χ0v) is 4.89. The van der Waals surface area contributed by atoms with Crippen molar-refractivity contribution in [1.29, 1.82) is 0 Å². The molecular weight excluding hydrogens is 102 g/mol. The van der Waals surface area contributed by atoms with Crippen molar-refractivity contribution in [3.05, 3.63) is 0 Å². The average molecular weight is 113 g/mol. The van der Waals surface area contributed by atoms with Crippen molar-refractivity contribution in [1.82, 2.24) is 0 Å². The second-order valence-electron chi connectivity index (χ2n) is 2.84. The van der Waals surface area contributed by atoms with Crippen LogP contribution in [0.5, 0.6) is 0 Å². The summed E-state index contributed by atoms with van der Waals surface area (Å²) in [5.74, 6) is 0. The van der Waals surface area contributed by atoms with Gasteiger partial charge in [-0.05, 0) is 19.3 Å². The summed E-state index contributed by atoms with van der Waals surface area (Å²) in [6.07, 6.45) is 3.72. The summed E-state index contributed by atoms with van der Waals surface area (Å²) in [4.78, 5) is 0. The van der Waals surface area contributed by atoms with Gasteiger partial charge >= 0.3 is 0 Å². The van der Waals surface area contributed by atoms with E-state index in [-0.39, 0.29) is 5.60 Å². The number of hydrogen-bond donors (Lipinski definition) is 1. The minimum atomic E-state index is 0.181. The molecule has 2 fully saturated rings. The Hall–Kier alpha value is -0.0800. The predicted molar refractivity (Wildman–Crippen MR) is 30.5 cm³/mol. The summed E-state index contributed by atoms with van der Waals surface area (Å²) >= 11 is 0. The highest BCUT2D eigenvalue weighted by Gasteiger charge is 2.50. The van der Waals surface area contributed by atoms with E-state index in [4.69, 9.17) is 10.5 Å². The van der Waals surface area contributed by atoms with Crippen LogP contribution in [0.2, 0.25) is 0 Å². The van der Waals surface area contributed by atoms with Gasteiger partial charge in [-0.25, -0.2) is 0 Å². The fraction of sp³-hybridized carbons (Fsp3) is 1.00. The fourth-order valence-electron chi connectivity index (χ4n) is 1.46. The van der Waals surface area contributed by atoms with Crippen LogP contribution >= 0.6 is 0 Å². The summed E-state index contributed by atoms with van der Waals surface area (Å²) in [5, 5.41) is 0. The molecule has 1 unspecified atom stereocenters. The maximum atomic E-state index is 5.69. The summed E-state index contributed by atoms with van der Waals surface area (Å²) in [6, 6.07) is 0.358. The molecule has 1 saturated carbocycles. The van der Waals surface area contributed by atoms with Crippen molar-refractivity contribution in [3.63, 3.8) is 0 Å². The third kappa shape index (κ3) is 0.361. The molecule has 2 nitrogen and oxygen atoms in total. The monoisotopic (exact) mass is 113 g/mol. The highest BCUT2D eigenvalue weighted by atomic mass is 16.5. The Bertz CT molecular complexity index is 104. The van der Waals surface area contributed by atoms with Gasteiger partial charge in [-0.2, -0.15) is 0 Å². The van der Waals surface area contributed by atoms with Crippen LogP contribution < -0.4 is 5.73 Å².